The van der Waals surface area contributed by atoms with Crippen LogP contribution in [0.25, 0.3) is 0 Å². The molecule has 19 heavy (non-hydrogen) atoms. The topological polar surface area (TPSA) is 29.5 Å². The largest absolute Gasteiger partial charge is 0.465 e. The van der Waals surface area contributed by atoms with Gasteiger partial charge in [-0.05, 0) is 25.3 Å². The van der Waals surface area contributed by atoms with Crippen molar-refractivity contribution in [2.24, 2.45) is 0 Å². The maximum Gasteiger partial charge on any atom is 0.341 e. The Morgan fingerprint density at radius 1 is 1.16 bits per heavy atom. The van der Waals surface area contributed by atoms with Crippen molar-refractivity contribution in [1.82, 2.24) is 0 Å². The summed E-state index contributed by atoms with van der Waals surface area (Å²) in [4.78, 5) is 12.7. The number of rotatable bonds is 2. The second kappa shape index (κ2) is 5.50. The van der Waals surface area contributed by atoms with Gasteiger partial charge in [0, 0.05) is 13.1 Å². The quantitative estimate of drug-likeness (QED) is 0.613. The average molecular weight is 273 g/mol. The Morgan fingerprint density at radius 2 is 1.79 bits per heavy atom. The minimum absolute atomic E-state index is 0.398. The van der Waals surface area contributed by atoms with Crippen LogP contribution in [0.1, 0.15) is 29.6 Å². The molecule has 0 aromatic heterocycles. The summed E-state index contributed by atoms with van der Waals surface area (Å²) >= 11 is 0. The van der Waals surface area contributed by atoms with Crippen molar-refractivity contribution >= 4 is 11.7 Å². The van der Waals surface area contributed by atoms with Gasteiger partial charge >= 0.3 is 5.97 Å². The van der Waals surface area contributed by atoms with E-state index in [-0.39, 0.29) is 0 Å². The first-order valence-corrected chi connectivity index (χ1v) is 6.07. The molecule has 0 unspecified atom stereocenters. The molecule has 1 heterocycles. The first-order chi connectivity index (χ1) is 9.06. The molecule has 0 N–H and O–H groups in total. The molecular formula is C13H14F3NO2. The minimum Gasteiger partial charge on any atom is -0.465 e. The summed E-state index contributed by atoms with van der Waals surface area (Å²) in [7, 11) is 1.02. The Labute approximate surface area is 109 Å². The molecule has 1 saturated heterocycles. The summed E-state index contributed by atoms with van der Waals surface area (Å²) in [5, 5.41) is 0. The van der Waals surface area contributed by atoms with Crippen LogP contribution < -0.4 is 4.90 Å². The van der Waals surface area contributed by atoms with E-state index in [1.54, 1.807) is 0 Å². The number of esters is 1. The van der Waals surface area contributed by atoms with E-state index >= 15 is 0 Å². The molecule has 0 bridgehead atoms. The fourth-order valence-electron chi connectivity index (χ4n) is 2.25. The summed E-state index contributed by atoms with van der Waals surface area (Å²) in [6.07, 6.45) is 2.60. The molecule has 2 rings (SSSR count). The Morgan fingerprint density at radius 3 is 2.37 bits per heavy atom. The van der Waals surface area contributed by atoms with Crippen LogP contribution in [0.2, 0.25) is 0 Å². The molecule has 3 nitrogen and oxygen atoms in total. The maximum absolute atomic E-state index is 13.9. The van der Waals surface area contributed by atoms with Gasteiger partial charge in [-0.15, -0.1) is 0 Å². The van der Waals surface area contributed by atoms with Gasteiger partial charge in [0.2, 0.25) is 0 Å². The number of methoxy groups -OCH3 is 1. The number of hydrogen-bond donors (Lipinski definition) is 0. The lowest BCUT2D eigenvalue weighted by Crippen LogP contribution is -2.31. The molecule has 0 spiro atoms. The lowest BCUT2D eigenvalue weighted by molar-refractivity contribution is 0.0593. The van der Waals surface area contributed by atoms with Crippen molar-refractivity contribution in [2.75, 3.05) is 25.1 Å². The van der Waals surface area contributed by atoms with E-state index in [2.05, 4.69) is 4.74 Å². The van der Waals surface area contributed by atoms with Gasteiger partial charge in [-0.2, -0.15) is 0 Å². The van der Waals surface area contributed by atoms with Crippen molar-refractivity contribution in [3.8, 4) is 0 Å². The van der Waals surface area contributed by atoms with E-state index in [1.165, 1.54) is 4.90 Å². The highest BCUT2D eigenvalue weighted by Gasteiger charge is 2.27. The van der Waals surface area contributed by atoms with E-state index in [0.717, 1.165) is 26.4 Å². The number of ether oxygens (including phenoxy) is 1. The van der Waals surface area contributed by atoms with Crippen LogP contribution in [-0.4, -0.2) is 26.2 Å². The standard InChI is InChI=1S/C13H14F3NO2/c1-19-13(18)8-7-9(14)12(11(16)10(8)15)17-5-3-2-4-6-17/h7H,2-6H2,1H3. The van der Waals surface area contributed by atoms with Gasteiger partial charge < -0.3 is 9.64 Å². The third kappa shape index (κ3) is 2.52. The molecule has 1 aromatic carbocycles. The first kappa shape index (κ1) is 13.7. The number of carbonyl (C=O) groups excluding carboxylic acids is 1. The Kier molecular flexibility index (Phi) is 3.97. The smallest absolute Gasteiger partial charge is 0.341 e. The van der Waals surface area contributed by atoms with Gasteiger partial charge in [0.05, 0.1) is 7.11 Å². The van der Waals surface area contributed by atoms with Crippen molar-refractivity contribution < 1.29 is 22.7 Å². The van der Waals surface area contributed by atoms with Crippen LogP contribution in [0.3, 0.4) is 0 Å². The Hall–Kier alpha value is -1.72. The van der Waals surface area contributed by atoms with E-state index in [9.17, 15) is 18.0 Å². The third-order valence-electron chi connectivity index (χ3n) is 3.21. The number of halogens is 3. The summed E-state index contributed by atoms with van der Waals surface area (Å²) in [5.74, 6) is -4.74. The molecule has 6 heteroatoms. The molecule has 0 saturated carbocycles. The summed E-state index contributed by atoms with van der Waals surface area (Å²) in [6.45, 7) is 0.954. The highest BCUT2D eigenvalue weighted by Crippen LogP contribution is 2.30. The van der Waals surface area contributed by atoms with E-state index < -0.39 is 34.7 Å². The number of carbonyl (C=O) groups is 1. The predicted octanol–water partition coefficient (Wildman–Crippen LogP) is 2.88. The number of benzene rings is 1. The maximum atomic E-state index is 13.9. The predicted molar refractivity (Wildman–Crippen MR) is 63.7 cm³/mol. The minimum atomic E-state index is -1.37. The SMILES string of the molecule is COC(=O)c1cc(F)c(N2CCCCC2)c(F)c1F. The Bertz CT molecular complexity index is 499. The highest BCUT2D eigenvalue weighted by atomic mass is 19.2. The van der Waals surface area contributed by atoms with Gasteiger partial charge in [-0.3, -0.25) is 0 Å². The van der Waals surface area contributed by atoms with Crippen molar-refractivity contribution in [1.29, 1.82) is 0 Å². The zero-order valence-electron chi connectivity index (χ0n) is 10.5. The fraction of sp³-hybridized carbons (Fsp3) is 0.462. The molecule has 0 aliphatic carbocycles. The molecule has 1 aliphatic heterocycles. The Balaban J connectivity index is 2.45. The highest BCUT2D eigenvalue weighted by molar-refractivity contribution is 5.90. The number of anilines is 1. The second-order valence-electron chi connectivity index (χ2n) is 4.42. The van der Waals surface area contributed by atoms with Gasteiger partial charge in [0.1, 0.15) is 11.3 Å². The summed E-state index contributed by atoms with van der Waals surface area (Å²) < 4.78 is 45.9. The third-order valence-corrected chi connectivity index (χ3v) is 3.21. The van der Waals surface area contributed by atoms with Gasteiger partial charge in [0.15, 0.2) is 17.5 Å². The van der Waals surface area contributed by atoms with Gasteiger partial charge in [-0.25, -0.2) is 18.0 Å². The fourth-order valence-corrected chi connectivity index (χ4v) is 2.25. The van der Waals surface area contributed by atoms with Crippen LogP contribution in [0.15, 0.2) is 6.07 Å². The van der Waals surface area contributed by atoms with Crippen molar-refractivity contribution in [2.45, 2.75) is 19.3 Å². The molecule has 1 aliphatic rings. The molecular weight excluding hydrogens is 259 g/mol. The van der Waals surface area contributed by atoms with Crippen molar-refractivity contribution in [3.63, 3.8) is 0 Å². The molecule has 0 atom stereocenters. The monoisotopic (exact) mass is 273 g/mol. The van der Waals surface area contributed by atoms with Gasteiger partial charge in [-0.1, -0.05) is 0 Å². The molecule has 0 amide bonds. The van der Waals surface area contributed by atoms with E-state index in [0.29, 0.717) is 19.2 Å². The van der Waals surface area contributed by atoms with Crippen molar-refractivity contribution in [3.05, 3.63) is 29.1 Å². The molecule has 0 radical (unpaired) electrons. The summed E-state index contributed by atoms with van der Waals surface area (Å²) in [5.41, 5.74) is -1.12. The van der Waals surface area contributed by atoms with Crippen LogP contribution in [-0.2, 0) is 4.74 Å². The van der Waals surface area contributed by atoms with Crippen LogP contribution >= 0.6 is 0 Å². The van der Waals surface area contributed by atoms with Crippen LogP contribution in [0.5, 0.6) is 0 Å². The van der Waals surface area contributed by atoms with Crippen LogP contribution in [0.4, 0.5) is 18.9 Å². The van der Waals surface area contributed by atoms with E-state index in [1.807, 2.05) is 0 Å². The zero-order valence-corrected chi connectivity index (χ0v) is 10.5. The molecule has 1 aromatic rings. The van der Waals surface area contributed by atoms with Crippen LogP contribution in [0, 0.1) is 17.5 Å². The second-order valence-corrected chi connectivity index (χ2v) is 4.42. The first-order valence-electron chi connectivity index (χ1n) is 6.07. The van der Waals surface area contributed by atoms with E-state index in [4.69, 9.17) is 0 Å². The number of hydrogen-bond acceptors (Lipinski definition) is 3. The normalized spacial score (nSPS) is 15.5. The zero-order chi connectivity index (χ0) is 14.0. The molecule has 104 valence electrons. The lowest BCUT2D eigenvalue weighted by atomic mass is 10.1. The summed E-state index contributed by atoms with van der Waals surface area (Å²) in [6, 6.07) is 0.689. The average Bonchev–Trinajstić information content (AvgIpc) is 2.43. The van der Waals surface area contributed by atoms with Gasteiger partial charge in [0.25, 0.3) is 0 Å². The lowest BCUT2D eigenvalue weighted by Gasteiger charge is -2.29. The number of nitrogens with zero attached hydrogens (tertiary/aromatic N) is 1. The number of piperidine rings is 1. The molecule has 1 fully saturated rings.